The van der Waals surface area contributed by atoms with Gasteiger partial charge in [0.15, 0.2) is 5.65 Å². The first-order valence-corrected chi connectivity index (χ1v) is 8.60. The molecular formula is C20H17ClN4O. The van der Waals surface area contributed by atoms with Gasteiger partial charge in [-0.15, -0.1) is 0 Å². The number of hydrogen-bond acceptors (Lipinski definition) is 4. The van der Waals surface area contributed by atoms with E-state index in [9.17, 15) is 0 Å². The number of ether oxygens (including phenoxy) is 1. The van der Waals surface area contributed by atoms with Crippen LogP contribution < -0.4 is 4.74 Å². The van der Waals surface area contributed by atoms with Crippen LogP contribution in [0.2, 0.25) is 5.02 Å². The molecule has 0 aliphatic carbocycles. The van der Waals surface area contributed by atoms with E-state index in [-0.39, 0.29) is 0 Å². The molecule has 0 saturated heterocycles. The summed E-state index contributed by atoms with van der Waals surface area (Å²) >= 11 is 6.25. The zero-order valence-corrected chi connectivity index (χ0v) is 15.4. The summed E-state index contributed by atoms with van der Waals surface area (Å²) in [5, 5.41) is 5.88. The van der Waals surface area contributed by atoms with E-state index < -0.39 is 0 Å². The van der Waals surface area contributed by atoms with Gasteiger partial charge in [0, 0.05) is 5.02 Å². The molecule has 0 aliphatic rings. The monoisotopic (exact) mass is 364 g/mol. The fourth-order valence-corrected chi connectivity index (χ4v) is 3.08. The number of fused-ring (bicyclic) bond motifs is 1. The Kier molecular flexibility index (Phi) is 4.09. The van der Waals surface area contributed by atoms with Gasteiger partial charge in [-0.2, -0.15) is 5.10 Å². The number of aromatic nitrogens is 4. The minimum absolute atomic E-state index is 0.476. The van der Waals surface area contributed by atoms with E-state index in [1.54, 1.807) is 10.9 Å². The Balaban J connectivity index is 1.78. The van der Waals surface area contributed by atoms with Gasteiger partial charge in [0.2, 0.25) is 5.88 Å². The zero-order valence-electron chi connectivity index (χ0n) is 14.7. The molecule has 6 heteroatoms. The Morgan fingerprint density at radius 2 is 1.73 bits per heavy atom. The van der Waals surface area contributed by atoms with Crippen molar-refractivity contribution < 1.29 is 4.74 Å². The van der Waals surface area contributed by atoms with Gasteiger partial charge in [-0.3, -0.25) is 0 Å². The lowest BCUT2D eigenvalue weighted by atomic mass is 10.1. The lowest BCUT2D eigenvalue weighted by Gasteiger charge is -2.08. The SMILES string of the molecule is Cc1cc(C)cc(Oc2ncnc3c2cnn3-c2ccc(C)c(Cl)c2)c1. The minimum Gasteiger partial charge on any atom is -0.438 e. The summed E-state index contributed by atoms with van der Waals surface area (Å²) < 4.78 is 7.75. The van der Waals surface area contributed by atoms with E-state index in [4.69, 9.17) is 16.3 Å². The van der Waals surface area contributed by atoms with Gasteiger partial charge in [0.1, 0.15) is 17.5 Å². The average Bonchev–Trinajstić information content (AvgIpc) is 3.02. The summed E-state index contributed by atoms with van der Waals surface area (Å²) in [6.45, 7) is 6.04. The third kappa shape index (κ3) is 3.02. The molecule has 130 valence electrons. The second kappa shape index (κ2) is 6.42. The third-order valence-corrected chi connectivity index (χ3v) is 4.55. The van der Waals surface area contributed by atoms with Crippen LogP contribution in [0.3, 0.4) is 0 Å². The molecule has 5 nitrogen and oxygen atoms in total. The summed E-state index contributed by atoms with van der Waals surface area (Å²) in [6.07, 6.45) is 3.19. The lowest BCUT2D eigenvalue weighted by molar-refractivity contribution is 0.467. The maximum atomic E-state index is 6.25. The van der Waals surface area contributed by atoms with Gasteiger partial charge in [-0.05, 0) is 61.7 Å². The molecular weight excluding hydrogens is 348 g/mol. The molecule has 0 fully saturated rings. The molecule has 0 unspecified atom stereocenters. The van der Waals surface area contributed by atoms with Gasteiger partial charge in [-0.25, -0.2) is 14.6 Å². The van der Waals surface area contributed by atoms with E-state index >= 15 is 0 Å². The molecule has 0 amide bonds. The van der Waals surface area contributed by atoms with Crippen molar-refractivity contribution in [1.29, 1.82) is 0 Å². The first kappa shape index (κ1) is 16.5. The molecule has 2 heterocycles. The molecule has 0 bridgehead atoms. The third-order valence-electron chi connectivity index (χ3n) is 4.14. The van der Waals surface area contributed by atoms with Crippen molar-refractivity contribution in [1.82, 2.24) is 19.7 Å². The van der Waals surface area contributed by atoms with Crippen LogP contribution in [0.15, 0.2) is 48.9 Å². The normalized spacial score (nSPS) is 11.1. The smallest absolute Gasteiger partial charge is 0.233 e. The Labute approximate surface area is 156 Å². The first-order chi connectivity index (χ1) is 12.5. The van der Waals surface area contributed by atoms with Crippen LogP contribution >= 0.6 is 11.6 Å². The molecule has 4 aromatic rings. The number of rotatable bonds is 3. The predicted octanol–water partition coefficient (Wildman–Crippen LogP) is 5.19. The Morgan fingerprint density at radius 3 is 2.46 bits per heavy atom. The quantitative estimate of drug-likeness (QED) is 0.502. The van der Waals surface area contributed by atoms with Crippen molar-refractivity contribution in [2.75, 3.05) is 0 Å². The van der Waals surface area contributed by atoms with Crippen molar-refractivity contribution in [2.24, 2.45) is 0 Å². The van der Waals surface area contributed by atoms with Crippen molar-refractivity contribution >= 4 is 22.6 Å². The molecule has 4 rings (SSSR count). The van der Waals surface area contributed by atoms with Crippen LogP contribution in [-0.4, -0.2) is 19.7 Å². The van der Waals surface area contributed by atoms with Crippen LogP contribution in [0.1, 0.15) is 16.7 Å². The highest BCUT2D eigenvalue weighted by Gasteiger charge is 2.13. The molecule has 0 saturated carbocycles. The summed E-state index contributed by atoms with van der Waals surface area (Å²) in [6, 6.07) is 11.8. The predicted molar refractivity (Wildman–Crippen MR) is 102 cm³/mol. The van der Waals surface area contributed by atoms with Gasteiger partial charge >= 0.3 is 0 Å². The molecule has 26 heavy (non-hydrogen) atoms. The lowest BCUT2D eigenvalue weighted by Crippen LogP contribution is -1.99. The van der Waals surface area contributed by atoms with Crippen LogP contribution in [0.25, 0.3) is 16.7 Å². The van der Waals surface area contributed by atoms with E-state index in [1.807, 2.05) is 51.1 Å². The summed E-state index contributed by atoms with van der Waals surface area (Å²) in [5.41, 5.74) is 4.79. The van der Waals surface area contributed by atoms with E-state index in [1.165, 1.54) is 6.33 Å². The number of hydrogen-bond donors (Lipinski definition) is 0. The standard InChI is InChI=1S/C20H17ClN4O/c1-12-6-13(2)8-16(7-12)26-20-17-10-24-25(19(17)22-11-23-20)15-5-4-14(3)18(21)9-15/h4-11H,1-3H3. The van der Waals surface area contributed by atoms with Gasteiger partial charge < -0.3 is 4.74 Å². The molecule has 0 radical (unpaired) electrons. The summed E-state index contributed by atoms with van der Waals surface area (Å²) in [7, 11) is 0. The van der Waals surface area contributed by atoms with Crippen molar-refractivity contribution in [3.8, 4) is 17.3 Å². The van der Waals surface area contributed by atoms with Gasteiger partial charge in [0.05, 0.1) is 11.9 Å². The molecule has 2 aromatic heterocycles. The molecule has 0 atom stereocenters. The summed E-state index contributed by atoms with van der Waals surface area (Å²) in [4.78, 5) is 8.66. The summed E-state index contributed by atoms with van der Waals surface area (Å²) in [5.74, 6) is 1.22. The van der Waals surface area contributed by atoms with Gasteiger partial charge in [0.25, 0.3) is 0 Å². The zero-order chi connectivity index (χ0) is 18.3. The minimum atomic E-state index is 0.476. The first-order valence-electron chi connectivity index (χ1n) is 8.23. The maximum Gasteiger partial charge on any atom is 0.233 e. The van der Waals surface area contributed by atoms with Crippen molar-refractivity contribution in [3.63, 3.8) is 0 Å². The molecule has 0 spiro atoms. The maximum absolute atomic E-state index is 6.25. The average molecular weight is 365 g/mol. The highest BCUT2D eigenvalue weighted by molar-refractivity contribution is 6.31. The van der Waals surface area contributed by atoms with Crippen molar-refractivity contribution in [2.45, 2.75) is 20.8 Å². The Morgan fingerprint density at radius 1 is 0.962 bits per heavy atom. The fraction of sp³-hybridized carbons (Fsp3) is 0.150. The number of nitrogens with zero attached hydrogens (tertiary/aromatic N) is 4. The van der Waals surface area contributed by atoms with Crippen LogP contribution in [0, 0.1) is 20.8 Å². The van der Waals surface area contributed by atoms with E-state index in [0.717, 1.165) is 33.5 Å². The van der Waals surface area contributed by atoms with Crippen molar-refractivity contribution in [3.05, 3.63) is 70.6 Å². The van der Waals surface area contributed by atoms with E-state index in [0.29, 0.717) is 16.5 Å². The molecule has 0 aliphatic heterocycles. The second-order valence-electron chi connectivity index (χ2n) is 6.33. The Hall–Kier alpha value is -2.92. The number of benzene rings is 2. The van der Waals surface area contributed by atoms with Crippen LogP contribution in [-0.2, 0) is 0 Å². The van der Waals surface area contributed by atoms with E-state index in [2.05, 4.69) is 21.1 Å². The topological polar surface area (TPSA) is 52.8 Å². The highest BCUT2D eigenvalue weighted by atomic mass is 35.5. The second-order valence-corrected chi connectivity index (χ2v) is 6.74. The highest BCUT2D eigenvalue weighted by Crippen LogP contribution is 2.29. The molecule has 0 N–H and O–H groups in total. The van der Waals surface area contributed by atoms with Crippen LogP contribution in [0.5, 0.6) is 11.6 Å². The number of halogens is 1. The van der Waals surface area contributed by atoms with Gasteiger partial charge in [-0.1, -0.05) is 23.7 Å². The molecule has 2 aromatic carbocycles. The fourth-order valence-electron chi connectivity index (χ4n) is 2.91. The Bertz CT molecular complexity index is 1100. The number of aryl methyl sites for hydroxylation is 3. The largest absolute Gasteiger partial charge is 0.438 e. The van der Waals surface area contributed by atoms with Crippen LogP contribution in [0.4, 0.5) is 0 Å².